The minimum Gasteiger partial charge on any atom is -0.400 e. The van der Waals surface area contributed by atoms with E-state index in [0.29, 0.717) is 5.92 Å². The third-order valence-electron chi connectivity index (χ3n) is 8.44. The normalized spacial score (nSPS) is 27.5. The Morgan fingerprint density at radius 1 is 0.656 bits per heavy atom. The van der Waals surface area contributed by atoms with Crippen LogP contribution in [0.2, 0.25) is 0 Å². The Morgan fingerprint density at radius 2 is 1.09 bits per heavy atom. The number of allylic oxidation sites excluding steroid dienone is 1. The van der Waals surface area contributed by atoms with Crippen molar-refractivity contribution < 1.29 is 18.6 Å². The Labute approximate surface area is 195 Å². The lowest BCUT2D eigenvalue weighted by Gasteiger charge is -2.32. The van der Waals surface area contributed by atoms with Crippen molar-refractivity contribution in [2.45, 2.75) is 110 Å². The van der Waals surface area contributed by atoms with Gasteiger partial charge in [0.1, 0.15) is 0 Å². The molecule has 3 aliphatic rings. The van der Waals surface area contributed by atoms with Gasteiger partial charge in [0.25, 0.3) is 0 Å². The second kappa shape index (κ2) is 8.30. The van der Waals surface area contributed by atoms with Crippen molar-refractivity contribution in [3.05, 3.63) is 41.4 Å². The third kappa shape index (κ3) is 4.24. The number of benzene rings is 1. The van der Waals surface area contributed by atoms with Gasteiger partial charge in [-0.15, -0.1) is 0 Å². The van der Waals surface area contributed by atoms with Gasteiger partial charge in [-0.3, -0.25) is 0 Å². The van der Waals surface area contributed by atoms with E-state index in [1.165, 1.54) is 24.7 Å². The van der Waals surface area contributed by atoms with Gasteiger partial charge < -0.3 is 18.6 Å². The van der Waals surface area contributed by atoms with Crippen molar-refractivity contribution in [3.8, 4) is 0 Å². The van der Waals surface area contributed by atoms with Crippen LogP contribution in [0.15, 0.2) is 35.8 Å². The Morgan fingerprint density at radius 3 is 1.56 bits per heavy atom. The second-order valence-corrected chi connectivity index (χ2v) is 11.7. The molecule has 0 amide bonds. The molecule has 174 valence electrons. The number of hydrogen-bond acceptors (Lipinski definition) is 4. The number of hydrogen-bond donors (Lipinski definition) is 0. The summed E-state index contributed by atoms with van der Waals surface area (Å²) in [4.78, 5) is 0. The maximum absolute atomic E-state index is 6.65. The van der Waals surface area contributed by atoms with Gasteiger partial charge in [0.2, 0.25) is 0 Å². The lowest BCUT2D eigenvalue weighted by atomic mass is 9.56. The van der Waals surface area contributed by atoms with Crippen molar-refractivity contribution in [1.29, 1.82) is 0 Å². The first-order chi connectivity index (χ1) is 14.8. The van der Waals surface area contributed by atoms with Gasteiger partial charge >= 0.3 is 14.2 Å². The van der Waals surface area contributed by atoms with E-state index in [1.807, 2.05) is 0 Å². The summed E-state index contributed by atoms with van der Waals surface area (Å²) in [5, 5.41) is 0. The van der Waals surface area contributed by atoms with E-state index >= 15 is 0 Å². The van der Waals surface area contributed by atoms with Crippen LogP contribution in [0.25, 0.3) is 5.47 Å². The van der Waals surface area contributed by atoms with Gasteiger partial charge in [-0.1, -0.05) is 49.6 Å². The molecule has 0 radical (unpaired) electrons. The summed E-state index contributed by atoms with van der Waals surface area (Å²) >= 11 is 0. The summed E-state index contributed by atoms with van der Waals surface area (Å²) in [7, 11) is -0.865. The molecule has 32 heavy (non-hydrogen) atoms. The maximum atomic E-state index is 6.65. The zero-order valence-electron chi connectivity index (χ0n) is 21.3. The molecule has 2 aliphatic heterocycles. The molecule has 4 nitrogen and oxygen atoms in total. The molecule has 0 N–H and O–H groups in total. The Hall–Kier alpha value is -1.07. The van der Waals surface area contributed by atoms with Crippen LogP contribution in [-0.2, 0) is 18.6 Å². The second-order valence-electron chi connectivity index (χ2n) is 11.7. The van der Waals surface area contributed by atoms with Crippen LogP contribution in [0.4, 0.5) is 0 Å². The molecule has 0 bridgehead atoms. The molecule has 1 aromatic carbocycles. The van der Waals surface area contributed by atoms with Crippen LogP contribution < -0.4 is 0 Å². The zero-order chi connectivity index (χ0) is 23.4. The quantitative estimate of drug-likeness (QED) is 0.519. The fraction of sp³-hybridized carbons (Fsp3) is 0.692. The molecule has 1 saturated carbocycles. The Bertz CT molecular complexity index is 822. The summed E-state index contributed by atoms with van der Waals surface area (Å²) in [6, 6.07) is 10.6. The summed E-state index contributed by atoms with van der Waals surface area (Å²) in [6.07, 6.45) is 6.06. The maximum Gasteiger partial charge on any atom is 0.494 e. The van der Waals surface area contributed by atoms with Crippen molar-refractivity contribution in [2.75, 3.05) is 0 Å². The molecule has 0 aromatic heterocycles. The lowest BCUT2D eigenvalue weighted by molar-refractivity contribution is 0.00578. The van der Waals surface area contributed by atoms with Crippen LogP contribution in [-0.4, -0.2) is 36.6 Å². The summed E-state index contributed by atoms with van der Waals surface area (Å²) < 4.78 is 26.6. The van der Waals surface area contributed by atoms with Crippen LogP contribution in [0.5, 0.6) is 0 Å². The predicted molar refractivity (Wildman–Crippen MR) is 132 cm³/mol. The van der Waals surface area contributed by atoms with E-state index in [2.05, 4.69) is 85.7 Å². The highest BCUT2D eigenvalue weighted by atomic mass is 16.7. The molecule has 0 atom stereocenters. The minimum absolute atomic E-state index is 0.394. The molecule has 0 unspecified atom stereocenters. The van der Waals surface area contributed by atoms with Gasteiger partial charge in [-0.2, -0.15) is 0 Å². The first-order valence-electron chi connectivity index (χ1n) is 12.4. The Balaban J connectivity index is 1.89. The molecular weight excluding hydrogens is 398 g/mol. The van der Waals surface area contributed by atoms with Gasteiger partial charge in [0.15, 0.2) is 0 Å². The highest BCUT2D eigenvalue weighted by molar-refractivity contribution is 6.74. The molecule has 0 spiro atoms. The fourth-order valence-electron chi connectivity index (χ4n) is 4.94. The van der Waals surface area contributed by atoms with Gasteiger partial charge in [0, 0.05) is 0 Å². The first kappa shape index (κ1) is 24.1. The van der Waals surface area contributed by atoms with Gasteiger partial charge in [-0.25, -0.2) is 0 Å². The van der Waals surface area contributed by atoms with E-state index in [4.69, 9.17) is 18.6 Å². The minimum atomic E-state index is -0.460. The molecule has 2 saturated heterocycles. The molecular formula is C26H40B2O4. The van der Waals surface area contributed by atoms with Crippen molar-refractivity contribution in [2.24, 2.45) is 5.92 Å². The topological polar surface area (TPSA) is 36.9 Å². The zero-order valence-corrected chi connectivity index (χ0v) is 21.3. The van der Waals surface area contributed by atoms with Crippen molar-refractivity contribution >= 4 is 19.7 Å². The monoisotopic (exact) mass is 438 g/mol. The molecule has 3 fully saturated rings. The Kier molecular flexibility index (Phi) is 6.24. The smallest absolute Gasteiger partial charge is 0.400 e. The molecule has 2 heterocycles. The van der Waals surface area contributed by atoms with E-state index in [9.17, 15) is 0 Å². The van der Waals surface area contributed by atoms with E-state index in [0.717, 1.165) is 23.9 Å². The van der Waals surface area contributed by atoms with E-state index < -0.39 is 36.6 Å². The summed E-state index contributed by atoms with van der Waals surface area (Å²) in [6.45, 7) is 17.0. The first-order valence-corrected chi connectivity index (χ1v) is 12.4. The van der Waals surface area contributed by atoms with Crippen LogP contribution in [0, 0.1) is 5.92 Å². The van der Waals surface area contributed by atoms with Crippen LogP contribution in [0.1, 0.15) is 93.1 Å². The average molecular weight is 438 g/mol. The average Bonchev–Trinajstić information content (AvgIpc) is 3.06. The highest BCUT2D eigenvalue weighted by Gasteiger charge is 2.57. The molecule has 1 aliphatic carbocycles. The summed E-state index contributed by atoms with van der Waals surface area (Å²) in [5.74, 6) is 0.396. The number of rotatable bonds is 4. The standard InChI is InChI=1S/C26H40B2O4/c1-23(2)24(3,4)30-27(29-23)21(19-15-11-9-12-16-19)22(20-17-13-10-14-18-20)28-31-25(5,6)26(7,8)32-28/h9,11-12,15-16,20H,10,13-14,17-18H2,1-8H3/b22-21-. The van der Waals surface area contributed by atoms with Crippen LogP contribution in [0.3, 0.4) is 0 Å². The molecule has 1 aromatic rings. The van der Waals surface area contributed by atoms with Gasteiger partial charge in [0.05, 0.1) is 22.4 Å². The molecule has 4 rings (SSSR count). The fourth-order valence-corrected chi connectivity index (χ4v) is 4.94. The van der Waals surface area contributed by atoms with Gasteiger partial charge in [-0.05, 0) is 90.7 Å². The van der Waals surface area contributed by atoms with E-state index in [1.54, 1.807) is 0 Å². The third-order valence-corrected chi connectivity index (χ3v) is 8.44. The van der Waals surface area contributed by atoms with Crippen LogP contribution >= 0.6 is 0 Å². The highest BCUT2D eigenvalue weighted by Crippen LogP contribution is 2.47. The SMILES string of the molecule is CC1(C)OB(/C(=C(\B2OC(C)(C)C(C)(C)O2)C2CCCCC2)c2ccccc2)OC1(C)C. The molecule has 6 heteroatoms. The lowest BCUT2D eigenvalue weighted by Crippen LogP contribution is -2.41. The van der Waals surface area contributed by atoms with E-state index in [-0.39, 0.29) is 0 Å². The summed E-state index contributed by atoms with van der Waals surface area (Å²) in [5.41, 5.74) is 1.82. The van der Waals surface area contributed by atoms with Crippen molar-refractivity contribution in [1.82, 2.24) is 0 Å². The predicted octanol–water partition coefficient (Wildman–Crippen LogP) is 6.28. The van der Waals surface area contributed by atoms with Crippen molar-refractivity contribution in [3.63, 3.8) is 0 Å². The largest absolute Gasteiger partial charge is 0.494 e.